The number of hydrogen-bond donors (Lipinski definition) is 0. The quantitative estimate of drug-likeness (QED) is 0.532. The number of hydrogen-bond acceptors (Lipinski definition) is 0. The van der Waals surface area contributed by atoms with Crippen molar-refractivity contribution in [2.24, 2.45) is 0 Å². The van der Waals surface area contributed by atoms with Gasteiger partial charge in [-0.3, -0.25) is 0 Å². The third-order valence-corrected chi connectivity index (χ3v) is 36.9. The van der Waals surface area contributed by atoms with Crippen molar-refractivity contribution >= 4 is 60.9 Å². The van der Waals surface area contributed by atoms with Crippen molar-refractivity contribution in [2.75, 3.05) is 30.6 Å². The van der Waals surface area contributed by atoms with Crippen molar-refractivity contribution in [2.45, 2.75) is 0 Å². The second kappa shape index (κ2) is 5.59. The van der Waals surface area contributed by atoms with Crippen molar-refractivity contribution in [3.63, 3.8) is 0 Å². The van der Waals surface area contributed by atoms with Gasteiger partial charge in [0.1, 0.15) is 0 Å². The zero-order valence-corrected chi connectivity index (χ0v) is 14.1. The fourth-order valence-electron chi connectivity index (χ4n) is 1.47. The monoisotopic (exact) mass is 359 g/mol. The molecule has 1 aliphatic heterocycles. The fraction of sp³-hybridized carbons (Fsp3) is 1.00. The zero-order chi connectivity index (χ0) is 8.32. The van der Waals surface area contributed by atoms with Gasteiger partial charge in [0, 0.05) is 0 Å². The minimum atomic E-state index is -1.07. The zero-order valence-electron chi connectivity index (χ0n) is 6.45. The molecule has 0 nitrogen and oxygen atoms in total. The molecule has 3 unspecified atom stereocenters. The molecule has 1 aliphatic rings. The molecule has 1 saturated heterocycles. The van der Waals surface area contributed by atoms with Crippen LogP contribution >= 0.6 is 29.8 Å². The third-order valence-electron chi connectivity index (χ3n) is 2.12. The Hall–Kier alpha value is 2.76. The van der Waals surface area contributed by atoms with Crippen LogP contribution in [0.25, 0.3) is 0 Å². The van der Waals surface area contributed by atoms with Gasteiger partial charge in [0.25, 0.3) is 0 Å². The van der Waals surface area contributed by atoms with Crippen molar-refractivity contribution in [1.29, 1.82) is 0 Å². The van der Waals surface area contributed by atoms with Gasteiger partial charge >= 0.3 is 91.5 Å². The molecule has 0 aliphatic carbocycles. The summed E-state index contributed by atoms with van der Waals surface area (Å²) in [6.45, 7) is 1.15. The topological polar surface area (TPSA) is 0 Å². The summed E-state index contributed by atoms with van der Waals surface area (Å²) in [6.07, 6.45) is 6.01. The Morgan fingerprint density at radius 1 is 1.64 bits per heavy atom. The molecule has 11 heavy (non-hydrogen) atoms. The maximum atomic E-state index is 3.55. The van der Waals surface area contributed by atoms with Crippen LogP contribution in [0, 0.1) is 0 Å². The molecule has 0 aromatic carbocycles. The van der Waals surface area contributed by atoms with E-state index in [0.717, 1.165) is 6.96 Å². The van der Waals surface area contributed by atoms with Crippen LogP contribution in [-0.2, 0) is 0 Å². The van der Waals surface area contributed by atoms with Crippen molar-refractivity contribution in [3.8, 4) is 0 Å². The Kier molecular flexibility index (Phi) is 6.02. The van der Waals surface area contributed by atoms with Crippen LogP contribution in [0.2, 0.25) is 0 Å². The van der Waals surface area contributed by atoms with Crippen molar-refractivity contribution in [1.82, 2.24) is 0 Å². The predicted octanol–water partition coefficient (Wildman–Crippen LogP) is 1.56. The number of rotatable bonds is 3. The van der Waals surface area contributed by atoms with Crippen LogP contribution in [0.5, 0.6) is 0 Å². The molecule has 1 heterocycles. The Balaban J connectivity index is 2.33. The second-order valence-corrected chi connectivity index (χ2v) is 27.5. The first-order valence-corrected chi connectivity index (χ1v) is 17.0. The van der Waals surface area contributed by atoms with Crippen LogP contribution in [0.4, 0.5) is 0 Å². The summed E-state index contributed by atoms with van der Waals surface area (Å²) >= 11 is 6.81. The molecule has 6 heteroatoms. The molecule has 1 rings (SSSR count). The Bertz CT molecular complexity index is 134. The van der Waals surface area contributed by atoms with Gasteiger partial charge in [0.05, 0.1) is 0 Å². The van der Waals surface area contributed by atoms with Gasteiger partial charge in [-0.15, -0.1) is 0 Å². The second-order valence-electron chi connectivity index (χ2n) is 3.14. The van der Waals surface area contributed by atoms with Crippen LogP contribution in [0.1, 0.15) is 0 Å². The van der Waals surface area contributed by atoms with E-state index in [1.54, 1.807) is 18.2 Å². The maximum absolute atomic E-state index is 3.55. The van der Waals surface area contributed by atoms with Crippen LogP contribution < -0.4 is 0 Å². The first-order chi connectivity index (χ1) is 5.20. The van der Waals surface area contributed by atoms with E-state index in [0.29, 0.717) is 7.92 Å². The molecule has 68 valence electrons. The summed E-state index contributed by atoms with van der Waals surface area (Å²) in [6, 6.07) is 0. The van der Waals surface area contributed by atoms with Crippen LogP contribution in [-0.4, -0.2) is 61.7 Å². The van der Waals surface area contributed by atoms with E-state index in [9.17, 15) is 0 Å². The van der Waals surface area contributed by atoms with E-state index >= 15 is 0 Å². The van der Waals surface area contributed by atoms with Crippen LogP contribution in [0.3, 0.4) is 0 Å². The molecule has 0 aromatic heterocycles. The first kappa shape index (κ1) is 11.8. The molecule has 0 spiro atoms. The average molecular weight is 357 g/mol. The summed E-state index contributed by atoms with van der Waals surface area (Å²) in [7, 11) is 3.33. The van der Waals surface area contributed by atoms with Gasteiger partial charge in [-0.25, -0.2) is 0 Å². The Morgan fingerprint density at radius 3 is 2.82 bits per heavy atom. The summed E-state index contributed by atoms with van der Waals surface area (Å²) in [5, 5.41) is 0. The summed E-state index contributed by atoms with van der Waals surface area (Å²) in [4.78, 5) is 0. The van der Waals surface area contributed by atoms with Gasteiger partial charge in [-0.1, -0.05) is 0 Å². The predicted molar refractivity (Wildman–Crippen MR) is 70.5 cm³/mol. The standard InChI is InChI=1S/C5H15P4Se2/c6-1-2-8-3-4-9(11,5-8)7-10/h7H,1-6,9H2/q-1. The first-order valence-electron chi connectivity index (χ1n) is 3.90. The molecule has 0 N–H and O–H groups in total. The van der Waals surface area contributed by atoms with Gasteiger partial charge in [0.15, 0.2) is 0 Å². The Labute approximate surface area is 91.0 Å². The van der Waals surface area contributed by atoms with E-state index in [1.165, 1.54) is 12.3 Å². The normalized spacial score (nSPS) is 33.2. The van der Waals surface area contributed by atoms with Gasteiger partial charge < -0.3 is 0 Å². The third kappa shape index (κ3) is 3.78. The van der Waals surface area contributed by atoms with E-state index < -0.39 is 5.64 Å². The molecular formula is C5H15P4Se2-. The molecular weight excluding hydrogens is 342 g/mol. The van der Waals surface area contributed by atoms with Gasteiger partial charge in [-0.2, -0.15) is 0 Å². The van der Waals surface area contributed by atoms with Crippen molar-refractivity contribution < 1.29 is 0 Å². The summed E-state index contributed by atoms with van der Waals surface area (Å²) in [5.74, 6) is 1.64. The SMILES string of the molecule is PCCP1CC[PH2-]([Se])(P[Se])C1. The summed E-state index contributed by atoms with van der Waals surface area (Å²) in [5.41, 5.74) is -1.07. The minimum absolute atomic E-state index is 0.470. The van der Waals surface area contributed by atoms with Crippen molar-refractivity contribution in [3.05, 3.63) is 0 Å². The van der Waals surface area contributed by atoms with Gasteiger partial charge in [0.2, 0.25) is 0 Å². The van der Waals surface area contributed by atoms with Gasteiger partial charge in [-0.05, 0) is 0 Å². The van der Waals surface area contributed by atoms with E-state index in [2.05, 4.69) is 40.4 Å². The fourth-order valence-corrected chi connectivity index (χ4v) is 29.2. The molecule has 2 radical (unpaired) electrons. The van der Waals surface area contributed by atoms with E-state index in [4.69, 9.17) is 0 Å². The molecule has 0 saturated carbocycles. The summed E-state index contributed by atoms with van der Waals surface area (Å²) < 4.78 is 0. The molecule has 0 aromatic rings. The molecule has 1 fully saturated rings. The van der Waals surface area contributed by atoms with Crippen LogP contribution in [0.15, 0.2) is 0 Å². The van der Waals surface area contributed by atoms with E-state index in [1.807, 2.05) is 0 Å². The van der Waals surface area contributed by atoms with E-state index in [-0.39, 0.29) is 0 Å². The Morgan fingerprint density at radius 2 is 2.36 bits per heavy atom. The average Bonchev–Trinajstić information content (AvgIpc) is 2.35. The molecule has 0 bridgehead atoms. The molecule has 3 atom stereocenters. The molecule has 0 amide bonds.